The molecule has 0 bridgehead atoms. The normalized spacial score (nSPS) is 26.8. The Morgan fingerprint density at radius 1 is 1.24 bits per heavy atom. The Bertz CT molecular complexity index is 902. The number of fused-ring (bicyclic) bond motifs is 1. The van der Waals surface area contributed by atoms with Gasteiger partial charge in [-0.15, -0.1) is 0 Å². The number of likely N-dealkylation sites (tertiary alicyclic amines) is 1. The van der Waals surface area contributed by atoms with Gasteiger partial charge in [0.15, 0.2) is 11.6 Å². The number of ether oxygens (including phenoxy) is 2. The number of hydrogen-bond acceptors (Lipinski definition) is 6. The van der Waals surface area contributed by atoms with Crippen LogP contribution in [-0.4, -0.2) is 58.4 Å². The van der Waals surface area contributed by atoms with E-state index < -0.39 is 6.61 Å². The number of nitrogens with zero attached hydrogens (tertiary/aromatic N) is 4. The molecule has 1 saturated carbocycles. The number of hydrogen-bond donors (Lipinski definition) is 1. The molecule has 29 heavy (non-hydrogen) atoms. The molecule has 156 valence electrons. The smallest absolute Gasteiger partial charge is 0.387 e. The second-order valence-electron chi connectivity index (χ2n) is 8.50. The van der Waals surface area contributed by atoms with E-state index in [1.54, 1.807) is 6.20 Å². The fourth-order valence-electron chi connectivity index (χ4n) is 4.67. The first-order chi connectivity index (χ1) is 13.9. The van der Waals surface area contributed by atoms with Crippen molar-refractivity contribution in [1.82, 2.24) is 19.4 Å². The molecule has 3 atom stereocenters. The summed E-state index contributed by atoms with van der Waals surface area (Å²) in [5, 5.41) is 0. The van der Waals surface area contributed by atoms with E-state index in [1.165, 1.54) is 6.07 Å². The SMILES string of the molecule is CC(C)c1nc(-c2cnc(N)c(OC(F)F)c2)cn1[C@H]1[C@@H]2CN(C3COC3)C[C@@H]21. The first-order valence-corrected chi connectivity index (χ1v) is 10.0. The molecule has 2 saturated heterocycles. The maximum Gasteiger partial charge on any atom is 0.387 e. The lowest BCUT2D eigenvalue weighted by Crippen LogP contribution is -2.49. The Morgan fingerprint density at radius 2 is 1.97 bits per heavy atom. The molecular weight excluding hydrogens is 380 g/mol. The van der Waals surface area contributed by atoms with Gasteiger partial charge in [0, 0.05) is 43.0 Å². The van der Waals surface area contributed by atoms with Gasteiger partial charge in [-0.2, -0.15) is 8.78 Å². The highest BCUT2D eigenvalue weighted by Crippen LogP contribution is 2.56. The van der Waals surface area contributed by atoms with Gasteiger partial charge >= 0.3 is 6.61 Å². The van der Waals surface area contributed by atoms with Crippen LogP contribution < -0.4 is 10.5 Å². The summed E-state index contributed by atoms with van der Waals surface area (Å²) >= 11 is 0. The molecule has 0 radical (unpaired) electrons. The van der Waals surface area contributed by atoms with E-state index in [4.69, 9.17) is 15.5 Å². The van der Waals surface area contributed by atoms with Crippen molar-refractivity contribution in [1.29, 1.82) is 0 Å². The minimum atomic E-state index is -2.95. The number of piperidine rings is 1. The second kappa shape index (κ2) is 6.91. The van der Waals surface area contributed by atoms with E-state index in [0.29, 0.717) is 35.2 Å². The van der Waals surface area contributed by atoms with E-state index in [1.807, 2.05) is 6.20 Å². The highest BCUT2D eigenvalue weighted by Gasteiger charge is 2.58. The number of aromatic nitrogens is 3. The zero-order valence-corrected chi connectivity index (χ0v) is 16.5. The quantitative estimate of drug-likeness (QED) is 0.796. The van der Waals surface area contributed by atoms with Crippen molar-refractivity contribution in [3.05, 3.63) is 24.3 Å². The number of rotatable bonds is 6. The average molecular weight is 405 g/mol. The zero-order chi connectivity index (χ0) is 20.3. The van der Waals surface area contributed by atoms with Crippen LogP contribution in [0.15, 0.2) is 18.5 Å². The molecule has 3 fully saturated rings. The van der Waals surface area contributed by atoms with E-state index in [9.17, 15) is 8.78 Å². The van der Waals surface area contributed by atoms with Crippen molar-refractivity contribution in [2.45, 2.75) is 38.5 Å². The fraction of sp³-hybridized carbons (Fsp3) is 0.600. The Morgan fingerprint density at radius 3 is 2.55 bits per heavy atom. The summed E-state index contributed by atoms with van der Waals surface area (Å²) < 4.78 is 37.4. The van der Waals surface area contributed by atoms with Gasteiger partial charge in [-0.25, -0.2) is 9.97 Å². The van der Waals surface area contributed by atoms with Gasteiger partial charge in [0.25, 0.3) is 0 Å². The second-order valence-corrected chi connectivity index (χ2v) is 8.50. The highest BCUT2D eigenvalue weighted by atomic mass is 19.3. The molecule has 2 aromatic heterocycles. The molecule has 2 aliphatic heterocycles. The summed E-state index contributed by atoms with van der Waals surface area (Å²) in [4.78, 5) is 11.4. The summed E-state index contributed by atoms with van der Waals surface area (Å²) in [5.74, 6) is 2.34. The van der Waals surface area contributed by atoms with Gasteiger partial charge in [-0.05, 0) is 17.9 Å². The first-order valence-electron chi connectivity index (χ1n) is 10.0. The van der Waals surface area contributed by atoms with E-state index >= 15 is 0 Å². The van der Waals surface area contributed by atoms with Gasteiger partial charge in [0.1, 0.15) is 5.82 Å². The molecule has 9 heteroatoms. The maximum absolute atomic E-state index is 12.6. The molecule has 0 unspecified atom stereocenters. The van der Waals surface area contributed by atoms with E-state index in [-0.39, 0.29) is 17.5 Å². The molecule has 2 N–H and O–H groups in total. The molecule has 4 heterocycles. The largest absolute Gasteiger partial charge is 0.431 e. The number of nitrogen functional groups attached to an aromatic ring is 1. The molecule has 2 aromatic rings. The van der Waals surface area contributed by atoms with Gasteiger partial charge in [-0.3, -0.25) is 4.90 Å². The van der Waals surface area contributed by atoms with Crippen molar-refractivity contribution < 1.29 is 18.3 Å². The molecule has 0 aromatic carbocycles. The van der Waals surface area contributed by atoms with E-state index in [0.717, 1.165) is 32.1 Å². The van der Waals surface area contributed by atoms with Crippen LogP contribution in [0.2, 0.25) is 0 Å². The van der Waals surface area contributed by atoms with Crippen molar-refractivity contribution in [3.8, 4) is 17.0 Å². The lowest BCUT2D eigenvalue weighted by molar-refractivity contribution is -0.0616. The van der Waals surface area contributed by atoms with Crippen LogP contribution in [0.4, 0.5) is 14.6 Å². The summed E-state index contributed by atoms with van der Waals surface area (Å²) in [6.07, 6.45) is 3.57. The number of halogens is 2. The number of imidazole rings is 1. The predicted octanol–water partition coefficient (Wildman–Crippen LogP) is 2.75. The van der Waals surface area contributed by atoms with Gasteiger partial charge in [-0.1, -0.05) is 13.8 Å². The van der Waals surface area contributed by atoms with Gasteiger partial charge in [0.05, 0.1) is 24.9 Å². The number of nitrogens with two attached hydrogens (primary N) is 1. The molecular formula is C20H25F2N5O2. The summed E-state index contributed by atoms with van der Waals surface area (Å²) in [7, 11) is 0. The number of anilines is 1. The molecule has 3 aliphatic rings. The van der Waals surface area contributed by atoms with Crippen LogP contribution in [0.5, 0.6) is 5.75 Å². The van der Waals surface area contributed by atoms with Crippen molar-refractivity contribution in [2.75, 3.05) is 32.0 Å². The van der Waals surface area contributed by atoms with Crippen molar-refractivity contribution in [2.24, 2.45) is 11.8 Å². The average Bonchev–Trinajstić information content (AvgIpc) is 2.96. The molecule has 5 rings (SSSR count). The molecule has 1 aliphatic carbocycles. The summed E-state index contributed by atoms with van der Waals surface area (Å²) in [5.41, 5.74) is 6.99. The lowest BCUT2D eigenvalue weighted by atomic mass is 10.2. The van der Waals surface area contributed by atoms with Gasteiger partial charge in [0.2, 0.25) is 0 Å². The van der Waals surface area contributed by atoms with Crippen LogP contribution in [-0.2, 0) is 4.74 Å². The highest BCUT2D eigenvalue weighted by molar-refractivity contribution is 5.64. The minimum Gasteiger partial charge on any atom is -0.431 e. The third-order valence-corrected chi connectivity index (χ3v) is 6.31. The van der Waals surface area contributed by atoms with Crippen molar-refractivity contribution >= 4 is 5.82 Å². The zero-order valence-electron chi connectivity index (χ0n) is 16.5. The molecule has 0 spiro atoms. The Kier molecular flexibility index (Phi) is 4.47. The Hall–Kier alpha value is -2.26. The fourth-order valence-corrected chi connectivity index (χ4v) is 4.67. The number of alkyl halides is 2. The van der Waals surface area contributed by atoms with Crippen LogP contribution in [0.25, 0.3) is 11.3 Å². The van der Waals surface area contributed by atoms with Crippen LogP contribution in [0, 0.1) is 11.8 Å². The third kappa shape index (κ3) is 3.26. The Balaban J connectivity index is 1.40. The molecule has 7 nitrogen and oxygen atoms in total. The van der Waals surface area contributed by atoms with Crippen LogP contribution in [0.3, 0.4) is 0 Å². The standard InChI is InChI=1S/C20H25F2N5O2/c1-10(2)19-25-15(11-3-16(29-20(21)22)18(23)24-4-11)7-27(19)17-13-5-26(6-14(13)17)12-8-28-9-12/h3-4,7,10,12-14,17,20H,5-6,8-9H2,1-2H3,(H2,23,24)/t13-,14+,17+. The first kappa shape index (κ1) is 18.7. The molecule has 0 amide bonds. The minimum absolute atomic E-state index is 0.0608. The van der Waals surface area contributed by atoms with Crippen LogP contribution >= 0.6 is 0 Å². The van der Waals surface area contributed by atoms with E-state index in [2.05, 4.69) is 33.0 Å². The lowest BCUT2D eigenvalue weighted by Gasteiger charge is -2.36. The van der Waals surface area contributed by atoms with Gasteiger partial charge < -0.3 is 19.8 Å². The monoisotopic (exact) mass is 405 g/mol. The summed E-state index contributed by atoms with van der Waals surface area (Å²) in [6.45, 7) is 5.19. The topological polar surface area (TPSA) is 78.4 Å². The number of pyridine rings is 1. The Labute approximate surface area is 167 Å². The van der Waals surface area contributed by atoms with Crippen LogP contribution in [0.1, 0.15) is 31.6 Å². The maximum atomic E-state index is 12.6. The summed E-state index contributed by atoms with van der Waals surface area (Å²) in [6, 6.07) is 2.52. The predicted molar refractivity (Wildman–Crippen MR) is 103 cm³/mol. The third-order valence-electron chi connectivity index (χ3n) is 6.31. The van der Waals surface area contributed by atoms with Crippen molar-refractivity contribution in [3.63, 3.8) is 0 Å².